The Bertz CT molecular complexity index is 973. The maximum absolute atomic E-state index is 13.0. The molecule has 1 aliphatic carbocycles. The largest absolute Gasteiger partial charge is 0.483 e. The zero-order chi connectivity index (χ0) is 24.0. The zero-order valence-electron chi connectivity index (χ0n) is 18.0. The second kappa shape index (κ2) is 10.7. The Balaban J connectivity index is 0.000000968. The highest BCUT2D eigenvalue weighted by Crippen LogP contribution is 2.32. The molecule has 1 aromatic rings. The van der Waals surface area contributed by atoms with Gasteiger partial charge in [0.15, 0.2) is 0 Å². The fraction of sp³-hybridized carbons (Fsp3) is 0.455. The highest BCUT2D eigenvalue weighted by Gasteiger charge is 2.45. The topological polar surface area (TPSA) is 162 Å². The first-order chi connectivity index (χ1) is 15.9. The average Bonchev–Trinajstić information content (AvgIpc) is 3.60. The first kappa shape index (κ1) is 23.9. The monoisotopic (exact) mass is 458 g/mol. The van der Waals surface area contributed by atoms with Gasteiger partial charge < -0.3 is 15.7 Å². The number of imide groups is 2. The number of hydrogen-bond acceptors (Lipinski definition) is 7. The number of hydrogen-bond donors (Lipinski definition) is 4. The Morgan fingerprint density at radius 1 is 1.09 bits per heavy atom. The molecule has 1 atom stereocenters. The van der Waals surface area contributed by atoms with Crippen molar-refractivity contribution < 1.29 is 33.9 Å². The molecule has 33 heavy (non-hydrogen) atoms. The molecule has 0 radical (unpaired) electrons. The average molecular weight is 458 g/mol. The normalized spacial score (nSPS) is 19.3. The summed E-state index contributed by atoms with van der Waals surface area (Å²) in [5.41, 5.74) is 1.06. The van der Waals surface area contributed by atoms with Gasteiger partial charge in [-0.1, -0.05) is 6.07 Å². The molecule has 2 aliphatic heterocycles. The Morgan fingerprint density at radius 3 is 2.45 bits per heavy atom. The van der Waals surface area contributed by atoms with E-state index in [-0.39, 0.29) is 42.3 Å². The van der Waals surface area contributed by atoms with Crippen molar-refractivity contribution in [3.63, 3.8) is 0 Å². The van der Waals surface area contributed by atoms with Crippen molar-refractivity contribution in [3.05, 3.63) is 29.3 Å². The minimum Gasteiger partial charge on any atom is -0.483 e. The van der Waals surface area contributed by atoms with Crippen molar-refractivity contribution in [2.45, 2.75) is 44.6 Å². The van der Waals surface area contributed by atoms with Crippen LogP contribution in [0.3, 0.4) is 0 Å². The fourth-order valence-corrected chi connectivity index (χ4v) is 3.84. The van der Waals surface area contributed by atoms with E-state index in [9.17, 15) is 24.0 Å². The molecule has 176 valence electrons. The summed E-state index contributed by atoms with van der Waals surface area (Å²) in [5, 5.41) is 15.2. The molecule has 1 aromatic carbocycles. The van der Waals surface area contributed by atoms with E-state index in [4.69, 9.17) is 9.90 Å². The number of unbranched alkanes of at least 4 members (excludes halogenated alkanes) is 1. The molecule has 2 fully saturated rings. The molecule has 3 aliphatic rings. The molecule has 11 heteroatoms. The number of nitrogens with one attached hydrogen (secondary N) is 3. The van der Waals surface area contributed by atoms with Gasteiger partial charge in [-0.2, -0.15) is 0 Å². The van der Waals surface area contributed by atoms with E-state index in [0.717, 1.165) is 30.6 Å². The molecule has 11 nitrogen and oxygen atoms in total. The van der Waals surface area contributed by atoms with Gasteiger partial charge in [0, 0.05) is 31.1 Å². The number of carbonyl (C=O) groups excluding carboxylic acids is 5. The molecule has 5 amide bonds. The maximum Gasteiger partial charge on any atom is 0.290 e. The number of rotatable bonds is 8. The summed E-state index contributed by atoms with van der Waals surface area (Å²) in [5.74, 6) is -1.74. The third kappa shape index (κ3) is 5.54. The lowest BCUT2D eigenvalue weighted by molar-refractivity contribution is -0.136. The van der Waals surface area contributed by atoms with E-state index in [1.807, 2.05) is 0 Å². The number of piperidine rings is 1. The van der Waals surface area contributed by atoms with E-state index < -0.39 is 29.7 Å². The van der Waals surface area contributed by atoms with Gasteiger partial charge in [0.25, 0.3) is 18.3 Å². The Hall–Kier alpha value is -3.76. The Labute approximate surface area is 189 Å². The summed E-state index contributed by atoms with van der Waals surface area (Å²) in [6.45, 7) is 0.945. The molecule has 1 saturated heterocycles. The van der Waals surface area contributed by atoms with Crippen LogP contribution in [-0.4, -0.2) is 65.1 Å². The van der Waals surface area contributed by atoms with Gasteiger partial charge >= 0.3 is 0 Å². The summed E-state index contributed by atoms with van der Waals surface area (Å²) in [4.78, 5) is 70.3. The van der Waals surface area contributed by atoms with Crippen molar-refractivity contribution in [2.24, 2.45) is 5.92 Å². The Kier molecular flexibility index (Phi) is 7.75. The van der Waals surface area contributed by atoms with E-state index in [2.05, 4.69) is 16.0 Å². The van der Waals surface area contributed by atoms with E-state index in [1.165, 1.54) is 0 Å². The van der Waals surface area contributed by atoms with Gasteiger partial charge in [0.2, 0.25) is 17.7 Å². The van der Waals surface area contributed by atoms with Gasteiger partial charge in [0.05, 0.1) is 11.1 Å². The lowest BCUT2D eigenvalue weighted by Crippen LogP contribution is -2.54. The van der Waals surface area contributed by atoms with Crippen LogP contribution in [0.1, 0.15) is 59.2 Å². The first-order valence-corrected chi connectivity index (χ1v) is 10.8. The molecular formula is C22H26N4O7. The zero-order valence-corrected chi connectivity index (χ0v) is 18.0. The van der Waals surface area contributed by atoms with Crippen LogP contribution >= 0.6 is 0 Å². The predicted octanol–water partition coefficient (Wildman–Crippen LogP) is 0.507. The number of fused-ring (bicyclic) bond motifs is 1. The standard InChI is InChI=1S/C21H24N4O5.CH2O2/c26-16-9-8-15(19(28)24-16)25-20(29)13-4-3-5-14(17(13)21(25)30)22-10-1-2-11-23-18(27)12-6-7-12;2-1-3/h3-5,12,15,22H,1-2,6-11H2,(H,23,27)(H,24,26,28);1H,(H,2,3). The van der Waals surface area contributed by atoms with Crippen molar-refractivity contribution in [2.75, 3.05) is 18.4 Å². The smallest absolute Gasteiger partial charge is 0.290 e. The lowest BCUT2D eigenvalue weighted by Gasteiger charge is -2.27. The summed E-state index contributed by atoms with van der Waals surface area (Å²) < 4.78 is 0. The lowest BCUT2D eigenvalue weighted by atomic mass is 10.0. The first-order valence-electron chi connectivity index (χ1n) is 10.8. The van der Waals surface area contributed by atoms with Gasteiger partial charge in [-0.25, -0.2) is 0 Å². The SMILES string of the molecule is O=C1CCC(N2C(=O)c3cccc(NCCCCNC(=O)C4CC4)c3C2=O)C(=O)N1.O=CO. The molecule has 0 bridgehead atoms. The molecule has 1 unspecified atom stereocenters. The number of amides is 5. The highest BCUT2D eigenvalue weighted by atomic mass is 16.3. The van der Waals surface area contributed by atoms with Crippen LogP contribution < -0.4 is 16.0 Å². The van der Waals surface area contributed by atoms with E-state index >= 15 is 0 Å². The van der Waals surface area contributed by atoms with Crippen LogP contribution in [0.15, 0.2) is 18.2 Å². The van der Waals surface area contributed by atoms with E-state index in [1.54, 1.807) is 18.2 Å². The van der Waals surface area contributed by atoms with Crippen molar-refractivity contribution in [3.8, 4) is 0 Å². The fourth-order valence-electron chi connectivity index (χ4n) is 3.84. The minimum absolute atomic E-state index is 0.0895. The quantitative estimate of drug-likeness (QED) is 0.249. The second-order valence-electron chi connectivity index (χ2n) is 7.98. The minimum atomic E-state index is -0.974. The molecule has 4 rings (SSSR count). The maximum atomic E-state index is 13.0. The van der Waals surface area contributed by atoms with Crippen molar-refractivity contribution in [1.29, 1.82) is 0 Å². The van der Waals surface area contributed by atoms with Crippen molar-refractivity contribution >= 4 is 41.7 Å². The van der Waals surface area contributed by atoms with Crippen LogP contribution in [0, 0.1) is 5.92 Å². The third-order valence-electron chi connectivity index (χ3n) is 5.63. The number of carboxylic acid groups (broad SMARTS) is 1. The van der Waals surface area contributed by atoms with Gasteiger partial charge in [-0.3, -0.25) is 39.0 Å². The second-order valence-corrected chi connectivity index (χ2v) is 7.98. The summed E-state index contributed by atoms with van der Waals surface area (Å²) in [6.07, 6.45) is 3.77. The number of nitrogens with zero attached hydrogens (tertiary/aromatic N) is 1. The van der Waals surface area contributed by atoms with Crippen molar-refractivity contribution in [1.82, 2.24) is 15.5 Å². The van der Waals surface area contributed by atoms with Crippen LogP contribution in [0.4, 0.5) is 5.69 Å². The summed E-state index contributed by atoms with van der Waals surface area (Å²) in [6, 6.07) is 4.02. The highest BCUT2D eigenvalue weighted by molar-refractivity contribution is 6.25. The van der Waals surface area contributed by atoms with Gasteiger partial charge in [-0.15, -0.1) is 0 Å². The molecule has 4 N–H and O–H groups in total. The van der Waals surface area contributed by atoms with Crippen LogP contribution in [-0.2, 0) is 19.2 Å². The molecule has 0 spiro atoms. The summed E-state index contributed by atoms with van der Waals surface area (Å²) >= 11 is 0. The number of benzene rings is 1. The molecule has 2 heterocycles. The molecule has 0 aromatic heterocycles. The third-order valence-corrected chi connectivity index (χ3v) is 5.63. The summed E-state index contributed by atoms with van der Waals surface area (Å²) in [7, 11) is 0. The molecular weight excluding hydrogens is 432 g/mol. The predicted molar refractivity (Wildman–Crippen MR) is 115 cm³/mol. The number of anilines is 1. The Morgan fingerprint density at radius 2 is 1.79 bits per heavy atom. The number of carbonyl (C=O) groups is 6. The van der Waals surface area contributed by atoms with Gasteiger partial charge in [-0.05, 0) is 44.2 Å². The van der Waals surface area contributed by atoms with Crippen LogP contribution in [0.2, 0.25) is 0 Å². The van der Waals surface area contributed by atoms with Crippen LogP contribution in [0.25, 0.3) is 0 Å². The van der Waals surface area contributed by atoms with E-state index in [0.29, 0.717) is 18.8 Å². The van der Waals surface area contributed by atoms with Gasteiger partial charge in [0.1, 0.15) is 6.04 Å². The molecule has 1 saturated carbocycles. The van der Waals surface area contributed by atoms with Crippen LogP contribution in [0.5, 0.6) is 0 Å².